The van der Waals surface area contributed by atoms with Crippen LogP contribution in [0.15, 0.2) is 0 Å². The third kappa shape index (κ3) is 3.23. The van der Waals surface area contributed by atoms with Gasteiger partial charge in [-0.25, -0.2) is 0 Å². The Morgan fingerprint density at radius 3 is 2.50 bits per heavy atom. The molecule has 1 saturated carbocycles. The van der Waals surface area contributed by atoms with Gasteiger partial charge in [0.1, 0.15) is 0 Å². The van der Waals surface area contributed by atoms with Gasteiger partial charge in [-0.2, -0.15) is 0 Å². The van der Waals surface area contributed by atoms with Crippen molar-refractivity contribution in [3.8, 4) is 0 Å². The van der Waals surface area contributed by atoms with Crippen molar-refractivity contribution < 1.29 is 14.6 Å². The van der Waals surface area contributed by atoms with E-state index in [1.54, 1.807) is 14.2 Å². The molecule has 0 aromatic rings. The summed E-state index contributed by atoms with van der Waals surface area (Å²) in [5.41, 5.74) is 4.94. The maximum atomic E-state index is 10.9. The van der Waals surface area contributed by atoms with E-state index in [9.17, 15) is 5.11 Å². The number of rotatable bonds is 6. The molecule has 0 heterocycles. The van der Waals surface area contributed by atoms with E-state index in [0.29, 0.717) is 18.9 Å². The highest BCUT2D eigenvalue weighted by atomic mass is 16.7. The highest BCUT2D eigenvalue weighted by Gasteiger charge is 2.48. The summed E-state index contributed by atoms with van der Waals surface area (Å²) in [5, 5.41) is 10.9. The summed E-state index contributed by atoms with van der Waals surface area (Å²) in [6.07, 6.45) is 4.43. The molecule has 3 N–H and O–H groups in total. The maximum absolute atomic E-state index is 10.9. The van der Waals surface area contributed by atoms with Crippen LogP contribution >= 0.6 is 0 Å². The second-order valence-corrected chi connectivity index (χ2v) is 6.06. The minimum Gasteiger partial charge on any atom is -0.389 e. The summed E-state index contributed by atoms with van der Waals surface area (Å²) in [4.78, 5) is 0. The third-order valence-corrected chi connectivity index (χ3v) is 4.71. The molecule has 0 aliphatic heterocycles. The first-order chi connectivity index (χ1) is 8.40. The van der Waals surface area contributed by atoms with Crippen LogP contribution in [0, 0.1) is 11.3 Å². The highest BCUT2D eigenvalue weighted by molar-refractivity contribution is 5.00. The Balaban J connectivity index is 2.83. The fourth-order valence-electron chi connectivity index (χ4n) is 3.36. The molecule has 18 heavy (non-hydrogen) atoms. The SMILES string of the molecule is COC(CC(C)(O)C1(CN)CCCC(C)C1)OC. The molecule has 1 aliphatic carbocycles. The molecular weight excluding hydrogens is 230 g/mol. The molecule has 4 nitrogen and oxygen atoms in total. The molecule has 108 valence electrons. The number of nitrogens with two attached hydrogens (primary N) is 1. The molecule has 0 aromatic heterocycles. The van der Waals surface area contributed by atoms with Gasteiger partial charge in [0.15, 0.2) is 6.29 Å². The Morgan fingerprint density at radius 2 is 2.06 bits per heavy atom. The Morgan fingerprint density at radius 1 is 1.44 bits per heavy atom. The predicted octanol–water partition coefficient (Wildman–Crippen LogP) is 1.90. The largest absolute Gasteiger partial charge is 0.389 e. The smallest absolute Gasteiger partial charge is 0.159 e. The van der Waals surface area contributed by atoms with Gasteiger partial charge in [-0.1, -0.05) is 19.8 Å². The monoisotopic (exact) mass is 259 g/mol. The molecule has 3 atom stereocenters. The zero-order valence-corrected chi connectivity index (χ0v) is 12.2. The minimum absolute atomic E-state index is 0.208. The van der Waals surface area contributed by atoms with Crippen molar-refractivity contribution in [2.45, 2.75) is 57.8 Å². The number of hydrogen-bond donors (Lipinski definition) is 2. The van der Waals surface area contributed by atoms with E-state index in [1.165, 1.54) is 6.42 Å². The van der Waals surface area contributed by atoms with E-state index < -0.39 is 5.60 Å². The first-order valence-electron chi connectivity index (χ1n) is 6.89. The lowest BCUT2D eigenvalue weighted by Crippen LogP contribution is -2.54. The van der Waals surface area contributed by atoms with Gasteiger partial charge in [-0.3, -0.25) is 0 Å². The molecule has 0 bridgehead atoms. The molecule has 1 aliphatic rings. The maximum Gasteiger partial charge on any atom is 0.159 e. The van der Waals surface area contributed by atoms with Gasteiger partial charge in [-0.05, 0) is 25.7 Å². The first kappa shape index (κ1) is 15.9. The van der Waals surface area contributed by atoms with Crippen molar-refractivity contribution in [2.24, 2.45) is 17.1 Å². The number of aliphatic hydroxyl groups is 1. The number of hydrogen-bond acceptors (Lipinski definition) is 4. The van der Waals surface area contributed by atoms with Gasteiger partial charge >= 0.3 is 0 Å². The average molecular weight is 259 g/mol. The Kier molecular flexibility index (Phi) is 5.59. The van der Waals surface area contributed by atoms with Gasteiger partial charge < -0.3 is 20.3 Å². The lowest BCUT2D eigenvalue weighted by atomic mass is 9.60. The molecular formula is C14H29NO3. The summed E-state index contributed by atoms with van der Waals surface area (Å²) in [5.74, 6) is 0.623. The van der Waals surface area contributed by atoms with Crippen molar-refractivity contribution >= 4 is 0 Å². The van der Waals surface area contributed by atoms with Crippen LogP contribution < -0.4 is 5.73 Å². The summed E-state index contributed by atoms with van der Waals surface area (Å²) in [7, 11) is 3.20. The zero-order valence-electron chi connectivity index (χ0n) is 12.2. The fourth-order valence-corrected chi connectivity index (χ4v) is 3.36. The molecule has 0 aromatic carbocycles. The first-order valence-corrected chi connectivity index (χ1v) is 6.89. The van der Waals surface area contributed by atoms with Gasteiger partial charge in [-0.15, -0.1) is 0 Å². The van der Waals surface area contributed by atoms with Crippen LogP contribution in [0.5, 0.6) is 0 Å². The molecule has 0 saturated heterocycles. The predicted molar refractivity (Wildman–Crippen MR) is 72.2 cm³/mol. The van der Waals surface area contributed by atoms with Crippen LogP contribution in [0.2, 0.25) is 0 Å². The quantitative estimate of drug-likeness (QED) is 0.715. The Labute approximate surface area is 111 Å². The summed E-state index contributed by atoms with van der Waals surface area (Å²) < 4.78 is 10.4. The van der Waals surface area contributed by atoms with E-state index in [1.807, 2.05) is 6.92 Å². The molecule has 1 rings (SSSR count). The molecule has 0 radical (unpaired) electrons. The lowest BCUT2D eigenvalue weighted by molar-refractivity contribution is -0.178. The van der Waals surface area contributed by atoms with Crippen LogP contribution in [0.25, 0.3) is 0 Å². The van der Waals surface area contributed by atoms with Gasteiger partial charge in [0.2, 0.25) is 0 Å². The molecule has 1 fully saturated rings. The van der Waals surface area contributed by atoms with Crippen molar-refractivity contribution in [3.63, 3.8) is 0 Å². The van der Waals surface area contributed by atoms with Crippen LogP contribution in [0.3, 0.4) is 0 Å². The van der Waals surface area contributed by atoms with Crippen LogP contribution in [-0.4, -0.2) is 37.8 Å². The summed E-state index contributed by atoms with van der Waals surface area (Å²) in [6.45, 7) is 4.64. The van der Waals surface area contributed by atoms with Crippen LogP contribution in [0.1, 0.15) is 46.0 Å². The molecule has 3 unspecified atom stereocenters. The summed E-state index contributed by atoms with van der Waals surface area (Å²) in [6, 6.07) is 0. The normalized spacial score (nSPS) is 32.5. The van der Waals surface area contributed by atoms with Gasteiger partial charge in [0, 0.05) is 32.6 Å². The van der Waals surface area contributed by atoms with Gasteiger partial charge in [0.25, 0.3) is 0 Å². The minimum atomic E-state index is -0.854. The lowest BCUT2D eigenvalue weighted by Gasteiger charge is -2.49. The molecule has 0 amide bonds. The van der Waals surface area contributed by atoms with Crippen molar-refractivity contribution in [3.05, 3.63) is 0 Å². The standard InChI is InChI=1S/C14H29NO3/c1-11-6-5-7-14(8-11,10-15)13(2,16)9-12(17-3)18-4/h11-12,16H,5-10,15H2,1-4H3. The highest BCUT2D eigenvalue weighted by Crippen LogP contribution is 2.48. The second-order valence-electron chi connectivity index (χ2n) is 6.06. The number of methoxy groups -OCH3 is 2. The fraction of sp³-hybridized carbons (Fsp3) is 1.00. The number of ether oxygens (including phenoxy) is 2. The van der Waals surface area contributed by atoms with E-state index in [0.717, 1.165) is 19.3 Å². The van der Waals surface area contributed by atoms with Crippen LogP contribution in [0.4, 0.5) is 0 Å². The van der Waals surface area contributed by atoms with Crippen molar-refractivity contribution in [1.82, 2.24) is 0 Å². The Hall–Kier alpha value is -0.160. The average Bonchev–Trinajstić information content (AvgIpc) is 2.35. The van der Waals surface area contributed by atoms with Gasteiger partial charge in [0.05, 0.1) is 5.60 Å². The topological polar surface area (TPSA) is 64.7 Å². The molecule has 0 spiro atoms. The Bertz CT molecular complexity index is 253. The van der Waals surface area contributed by atoms with E-state index >= 15 is 0 Å². The van der Waals surface area contributed by atoms with E-state index in [2.05, 4.69) is 6.92 Å². The third-order valence-electron chi connectivity index (χ3n) is 4.71. The van der Waals surface area contributed by atoms with E-state index in [-0.39, 0.29) is 11.7 Å². The van der Waals surface area contributed by atoms with E-state index in [4.69, 9.17) is 15.2 Å². The molecule has 4 heteroatoms. The zero-order chi connectivity index (χ0) is 13.8. The summed E-state index contributed by atoms with van der Waals surface area (Å²) >= 11 is 0. The van der Waals surface area contributed by atoms with Crippen molar-refractivity contribution in [2.75, 3.05) is 20.8 Å². The second kappa shape index (κ2) is 6.33. The van der Waals surface area contributed by atoms with Crippen LogP contribution in [-0.2, 0) is 9.47 Å². The van der Waals surface area contributed by atoms with Crippen molar-refractivity contribution in [1.29, 1.82) is 0 Å².